The highest BCUT2D eigenvalue weighted by molar-refractivity contribution is 5.87. The minimum absolute atomic E-state index is 0.0580. The van der Waals surface area contributed by atoms with Crippen LogP contribution in [-0.2, 0) is 14.3 Å². The van der Waals surface area contributed by atoms with Gasteiger partial charge in [-0.05, 0) is 71.3 Å². The van der Waals surface area contributed by atoms with Crippen LogP contribution in [0.2, 0.25) is 0 Å². The zero-order valence-corrected chi connectivity index (χ0v) is 18.7. The molecule has 0 aromatic carbocycles. The molecule has 1 spiro atoms. The van der Waals surface area contributed by atoms with Crippen LogP contribution >= 0.6 is 0 Å². The average Bonchev–Trinajstić information content (AvgIpc) is 3.40. The van der Waals surface area contributed by atoms with Crippen LogP contribution in [0.4, 0.5) is 0 Å². The van der Waals surface area contributed by atoms with Gasteiger partial charge in [-0.25, -0.2) is 0 Å². The Kier molecular flexibility index (Phi) is 7.39. The minimum atomic E-state index is -0.109. The van der Waals surface area contributed by atoms with Gasteiger partial charge in [0.2, 0.25) is 5.91 Å². The number of allylic oxidation sites excluding steroid dienone is 4. The van der Waals surface area contributed by atoms with Crippen molar-refractivity contribution in [1.82, 2.24) is 5.32 Å². The number of epoxide rings is 1. The lowest BCUT2D eigenvalue weighted by Gasteiger charge is -2.38. The molecule has 2 aliphatic heterocycles. The van der Waals surface area contributed by atoms with Crippen molar-refractivity contribution in [3.8, 4) is 0 Å². The molecule has 2 atom stereocenters. The molecule has 162 valence electrons. The number of amides is 1. The topological polar surface area (TPSA) is 50.9 Å². The third kappa shape index (κ3) is 7.11. The molecule has 4 nitrogen and oxygen atoms in total. The summed E-state index contributed by atoms with van der Waals surface area (Å²) in [4.78, 5) is 11.8. The van der Waals surface area contributed by atoms with Crippen molar-refractivity contribution < 1.29 is 14.3 Å². The molecule has 4 heteroatoms. The summed E-state index contributed by atoms with van der Waals surface area (Å²) < 4.78 is 12.0. The molecule has 0 bridgehead atoms. The van der Waals surface area contributed by atoms with Crippen molar-refractivity contribution in [2.75, 3.05) is 6.61 Å². The van der Waals surface area contributed by atoms with E-state index in [1.165, 1.54) is 18.4 Å². The fourth-order valence-electron chi connectivity index (χ4n) is 4.83. The molecule has 3 aliphatic rings. The Labute approximate surface area is 176 Å². The van der Waals surface area contributed by atoms with E-state index in [0.717, 1.165) is 51.0 Å². The third-order valence-corrected chi connectivity index (χ3v) is 6.39. The highest BCUT2D eigenvalue weighted by Crippen LogP contribution is 2.46. The summed E-state index contributed by atoms with van der Waals surface area (Å²) in [6, 6.07) is 0.342. The third-order valence-electron chi connectivity index (χ3n) is 6.39. The van der Waals surface area contributed by atoms with Gasteiger partial charge in [-0.15, -0.1) is 0 Å². The summed E-state index contributed by atoms with van der Waals surface area (Å²) in [7, 11) is 0. The lowest BCUT2D eigenvalue weighted by molar-refractivity contribution is -0.117. The summed E-state index contributed by atoms with van der Waals surface area (Å²) in [6.45, 7) is 9.44. The number of hydrogen-bond donors (Lipinski definition) is 1. The van der Waals surface area contributed by atoms with Crippen molar-refractivity contribution in [2.45, 2.75) is 102 Å². The van der Waals surface area contributed by atoms with Gasteiger partial charge in [-0.1, -0.05) is 36.8 Å². The van der Waals surface area contributed by atoms with Gasteiger partial charge in [0.25, 0.3) is 0 Å². The Morgan fingerprint density at radius 3 is 2.55 bits per heavy atom. The second-order valence-electron chi connectivity index (χ2n) is 9.85. The van der Waals surface area contributed by atoms with E-state index in [-0.39, 0.29) is 23.2 Å². The van der Waals surface area contributed by atoms with E-state index < -0.39 is 0 Å². The predicted octanol–water partition coefficient (Wildman–Crippen LogP) is 5.25. The van der Waals surface area contributed by atoms with Gasteiger partial charge in [0.15, 0.2) is 0 Å². The number of nitrogens with one attached hydrogen (secondary N) is 1. The SMILES string of the molecule is CC/C=C\C(=O)NC1CCC(C/C=C(C)/C=C/[C@@H]2C[C@]3(CO3)CC(C)(C)O2)CC1. The van der Waals surface area contributed by atoms with E-state index in [9.17, 15) is 4.79 Å². The summed E-state index contributed by atoms with van der Waals surface area (Å²) in [5, 5.41) is 3.14. The number of carbonyl (C=O) groups is 1. The van der Waals surface area contributed by atoms with E-state index in [2.05, 4.69) is 44.3 Å². The summed E-state index contributed by atoms with van der Waals surface area (Å²) >= 11 is 0. The highest BCUT2D eigenvalue weighted by atomic mass is 16.6. The first kappa shape index (κ1) is 22.3. The standard InChI is InChI=1S/C25H39NO3/c1-5-6-7-23(27)26-21-13-11-20(12-14-21)10-8-19(2)9-15-22-16-25(18-28-25)17-24(3,4)29-22/h6-9,15,20-22H,5,10-14,16-18H2,1-4H3,(H,26,27)/b7-6-,15-9+,19-8+/t20?,21?,22-,25-/m1/s1. The van der Waals surface area contributed by atoms with Crippen molar-refractivity contribution in [3.63, 3.8) is 0 Å². The van der Waals surface area contributed by atoms with Crippen molar-refractivity contribution >= 4 is 5.91 Å². The number of rotatable bonds is 7. The van der Waals surface area contributed by atoms with E-state index >= 15 is 0 Å². The highest BCUT2D eigenvalue weighted by Gasteiger charge is 2.53. The zero-order valence-electron chi connectivity index (χ0n) is 18.7. The van der Waals surface area contributed by atoms with Crippen LogP contribution in [0.15, 0.2) is 36.0 Å². The maximum absolute atomic E-state index is 11.8. The summed E-state index contributed by atoms with van der Waals surface area (Å²) in [5.74, 6) is 0.786. The monoisotopic (exact) mass is 401 g/mol. The molecule has 1 aliphatic carbocycles. The normalized spacial score (nSPS) is 34.8. The molecule has 1 saturated carbocycles. The van der Waals surface area contributed by atoms with E-state index in [1.807, 2.05) is 13.0 Å². The van der Waals surface area contributed by atoms with Crippen LogP contribution in [-0.4, -0.2) is 35.9 Å². The fourth-order valence-corrected chi connectivity index (χ4v) is 4.83. The molecule has 2 saturated heterocycles. The van der Waals surface area contributed by atoms with Crippen LogP contribution in [0.25, 0.3) is 0 Å². The maximum Gasteiger partial charge on any atom is 0.243 e. The van der Waals surface area contributed by atoms with Crippen molar-refractivity contribution in [2.24, 2.45) is 5.92 Å². The molecule has 3 rings (SSSR count). The summed E-state index contributed by atoms with van der Waals surface area (Å²) in [6.07, 6.45) is 19.1. The Balaban J connectivity index is 1.40. The Hall–Kier alpha value is -1.39. The lowest BCUT2D eigenvalue weighted by atomic mass is 9.83. The quantitative estimate of drug-likeness (QED) is 0.360. The predicted molar refractivity (Wildman–Crippen MR) is 118 cm³/mol. The van der Waals surface area contributed by atoms with Crippen molar-refractivity contribution in [1.29, 1.82) is 0 Å². The Bertz CT molecular complexity index is 643. The molecular weight excluding hydrogens is 362 g/mol. The fraction of sp³-hybridized carbons (Fsp3) is 0.720. The first-order chi connectivity index (χ1) is 13.8. The van der Waals surface area contributed by atoms with E-state index in [0.29, 0.717) is 6.04 Å². The Morgan fingerprint density at radius 2 is 1.90 bits per heavy atom. The van der Waals surface area contributed by atoms with Crippen molar-refractivity contribution in [3.05, 3.63) is 36.0 Å². The van der Waals surface area contributed by atoms with Gasteiger partial charge in [-0.3, -0.25) is 4.79 Å². The molecular formula is C25H39NO3. The van der Waals surface area contributed by atoms with Crippen LogP contribution in [0.5, 0.6) is 0 Å². The molecule has 1 N–H and O–H groups in total. The van der Waals surface area contributed by atoms with Gasteiger partial charge < -0.3 is 14.8 Å². The number of ether oxygens (including phenoxy) is 2. The summed E-state index contributed by atoms with van der Waals surface area (Å²) in [5.41, 5.74) is 1.28. The second kappa shape index (κ2) is 9.61. The molecule has 1 amide bonds. The zero-order chi connectivity index (χ0) is 20.9. The minimum Gasteiger partial charge on any atom is -0.369 e. The Morgan fingerprint density at radius 1 is 1.17 bits per heavy atom. The van der Waals surface area contributed by atoms with E-state index in [4.69, 9.17) is 9.47 Å². The van der Waals surface area contributed by atoms with Crippen LogP contribution in [0, 0.1) is 5.92 Å². The van der Waals surface area contributed by atoms with Crippen LogP contribution in [0.1, 0.15) is 79.1 Å². The first-order valence-electron chi connectivity index (χ1n) is 11.4. The molecule has 0 aromatic heterocycles. The second-order valence-corrected chi connectivity index (χ2v) is 9.85. The van der Waals surface area contributed by atoms with Crippen LogP contribution in [0.3, 0.4) is 0 Å². The van der Waals surface area contributed by atoms with Crippen LogP contribution < -0.4 is 5.32 Å². The van der Waals surface area contributed by atoms with Gasteiger partial charge in [0, 0.05) is 18.9 Å². The smallest absolute Gasteiger partial charge is 0.243 e. The van der Waals surface area contributed by atoms with Gasteiger partial charge >= 0.3 is 0 Å². The largest absolute Gasteiger partial charge is 0.369 e. The molecule has 3 fully saturated rings. The number of hydrogen-bond acceptors (Lipinski definition) is 3. The molecule has 0 aromatic rings. The van der Waals surface area contributed by atoms with Gasteiger partial charge in [-0.2, -0.15) is 0 Å². The molecule has 0 unspecified atom stereocenters. The molecule has 29 heavy (non-hydrogen) atoms. The lowest BCUT2D eigenvalue weighted by Crippen LogP contribution is -2.43. The number of carbonyl (C=O) groups excluding carboxylic acids is 1. The van der Waals surface area contributed by atoms with E-state index in [1.54, 1.807) is 6.08 Å². The maximum atomic E-state index is 11.8. The first-order valence-corrected chi connectivity index (χ1v) is 11.4. The average molecular weight is 402 g/mol. The molecule has 2 heterocycles. The van der Waals surface area contributed by atoms with Gasteiger partial charge in [0.05, 0.1) is 23.9 Å². The molecule has 0 radical (unpaired) electrons. The van der Waals surface area contributed by atoms with Gasteiger partial charge in [0.1, 0.15) is 0 Å².